The largest absolute Gasteiger partial charge is 0.465 e. The van der Waals surface area contributed by atoms with E-state index in [0.717, 1.165) is 5.56 Å². The molecule has 0 saturated carbocycles. The van der Waals surface area contributed by atoms with Gasteiger partial charge in [0.25, 0.3) is 0 Å². The molecule has 0 spiro atoms. The van der Waals surface area contributed by atoms with Gasteiger partial charge in [-0.2, -0.15) is 0 Å². The van der Waals surface area contributed by atoms with E-state index in [1.54, 1.807) is 54.6 Å². The minimum absolute atomic E-state index is 0.0275. The lowest BCUT2D eigenvalue weighted by molar-refractivity contribution is -0.115. The van der Waals surface area contributed by atoms with Crippen molar-refractivity contribution >= 4 is 64.2 Å². The molecular formula is C22H16Cl2N2O4S. The molecule has 0 aliphatic rings. The van der Waals surface area contributed by atoms with Crippen molar-refractivity contribution in [1.82, 2.24) is 5.32 Å². The van der Waals surface area contributed by atoms with Crippen molar-refractivity contribution in [3.63, 3.8) is 0 Å². The van der Waals surface area contributed by atoms with E-state index in [9.17, 15) is 9.59 Å². The van der Waals surface area contributed by atoms with E-state index >= 15 is 0 Å². The zero-order valence-electron chi connectivity index (χ0n) is 16.1. The Morgan fingerprint density at radius 3 is 2.48 bits per heavy atom. The van der Waals surface area contributed by atoms with E-state index in [2.05, 4.69) is 10.6 Å². The molecule has 0 unspecified atom stereocenters. The Kier molecular flexibility index (Phi) is 7.46. The van der Waals surface area contributed by atoms with Crippen molar-refractivity contribution < 1.29 is 18.7 Å². The molecule has 0 radical (unpaired) electrons. The Morgan fingerprint density at radius 1 is 1.06 bits per heavy atom. The minimum Gasteiger partial charge on any atom is -0.465 e. The number of hydrogen-bond donors (Lipinski definition) is 2. The number of carbonyl (C=O) groups is 2. The van der Waals surface area contributed by atoms with Gasteiger partial charge in [0.15, 0.2) is 5.11 Å². The molecule has 3 aromatic rings. The molecule has 1 aromatic heterocycles. The van der Waals surface area contributed by atoms with Gasteiger partial charge in [0.1, 0.15) is 11.5 Å². The summed E-state index contributed by atoms with van der Waals surface area (Å²) in [5.41, 5.74) is 1.43. The summed E-state index contributed by atoms with van der Waals surface area (Å²) in [5.74, 6) is 0.0146. The van der Waals surface area contributed by atoms with Crippen LogP contribution >= 0.6 is 35.4 Å². The van der Waals surface area contributed by atoms with E-state index in [0.29, 0.717) is 32.8 Å². The topological polar surface area (TPSA) is 80.6 Å². The first-order valence-corrected chi connectivity index (χ1v) is 10.1. The highest BCUT2D eigenvalue weighted by Crippen LogP contribution is 2.28. The number of thiocarbonyl (C=S) groups is 1. The summed E-state index contributed by atoms with van der Waals surface area (Å²) in [5, 5.41) is 6.32. The third kappa shape index (κ3) is 6.18. The first-order valence-electron chi connectivity index (χ1n) is 8.89. The van der Waals surface area contributed by atoms with Crippen LogP contribution in [0.25, 0.3) is 17.4 Å². The lowest BCUT2D eigenvalue weighted by atomic mass is 10.2. The lowest BCUT2D eigenvalue weighted by Gasteiger charge is -2.11. The van der Waals surface area contributed by atoms with Crippen LogP contribution in [-0.4, -0.2) is 24.1 Å². The van der Waals surface area contributed by atoms with Gasteiger partial charge in [-0.15, -0.1) is 0 Å². The SMILES string of the molecule is COC(=O)c1ccccc1NC(=S)NC(=O)/C=C/c1ccc(-c2cc(Cl)cc(Cl)c2)o1. The van der Waals surface area contributed by atoms with Crippen LogP contribution in [0.3, 0.4) is 0 Å². The normalized spacial score (nSPS) is 10.7. The standard InChI is InChI=1S/C22H16Cl2N2O4S/c1-29-21(28)17-4-2-3-5-18(17)25-22(31)26-20(27)9-7-16-6-8-19(30-16)13-10-14(23)12-15(24)11-13/h2-12H,1H3,(H2,25,26,27,31)/b9-7+. The predicted molar refractivity (Wildman–Crippen MR) is 125 cm³/mol. The van der Waals surface area contributed by atoms with E-state index in [4.69, 9.17) is 44.6 Å². The van der Waals surface area contributed by atoms with Gasteiger partial charge in [-0.25, -0.2) is 4.79 Å². The van der Waals surface area contributed by atoms with Gasteiger partial charge in [-0.3, -0.25) is 10.1 Å². The van der Waals surface area contributed by atoms with Gasteiger partial charge in [-0.05, 0) is 60.8 Å². The number of ether oxygens (including phenoxy) is 1. The Hall–Kier alpha value is -3.13. The average molecular weight is 475 g/mol. The van der Waals surface area contributed by atoms with Gasteiger partial charge in [-0.1, -0.05) is 35.3 Å². The first kappa shape index (κ1) is 22.6. The minimum atomic E-state index is -0.522. The van der Waals surface area contributed by atoms with Crippen molar-refractivity contribution in [1.29, 1.82) is 0 Å². The number of carbonyl (C=O) groups excluding carboxylic acids is 2. The summed E-state index contributed by atoms with van der Waals surface area (Å²) in [4.78, 5) is 24.0. The summed E-state index contributed by atoms with van der Waals surface area (Å²) in [6.07, 6.45) is 2.77. The predicted octanol–water partition coefficient (Wildman–Crippen LogP) is 5.57. The van der Waals surface area contributed by atoms with Crippen molar-refractivity contribution in [2.24, 2.45) is 0 Å². The molecule has 0 aliphatic carbocycles. The molecule has 1 heterocycles. The molecule has 0 atom stereocenters. The summed E-state index contributed by atoms with van der Waals surface area (Å²) in [7, 11) is 1.28. The molecule has 0 aliphatic heterocycles. The lowest BCUT2D eigenvalue weighted by Crippen LogP contribution is -2.33. The van der Waals surface area contributed by atoms with Crippen LogP contribution in [0.1, 0.15) is 16.1 Å². The molecule has 1 amide bonds. The third-order valence-corrected chi connectivity index (χ3v) is 4.63. The Labute approximate surface area is 193 Å². The van der Waals surface area contributed by atoms with Gasteiger partial charge < -0.3 is 14.5 Å². The zero-order valence-corrected chi connectivity index (χ0v) is 18.5. The summed E-state index contributed by atoms with van der Waals surface area (Å²) < 4.78 is 10.4. The highest BCUT2D eigenvalue weighted by atomic mass is 35.5. The van der Waals surface area contributed by atoms with E-state index in [1.807, 2.05) is 0 Å². The smallest absolute Gasteiger partial charge is 0.339 e. The van der Waals surface area contributed by atoms with Crippen LogP contribution in [0.4, 0.5) is 5.69 Å². The van der Waals surface area contributed by atoms with Crippen LogP contribution in [-0.2, 0) is 9.53 Å². The van der Waals surface area contributed by atoms with E-state index in [1.165, 1.54) is 19.3 Å². The van der Waals surface area contributed by atoms with E-state index in [-0.39, 0.29) is 5.11 Å². The average Bonchev–Trinajstić information content (AvgIpc) is 3.20. The molecule has 158 valence electrons. The van der Waals surface area contributed by atoms with Crippen LogP contribution in [0, 0.1) is 0 Å². The highest BCUT2D eigenvalue weighted by molar-refractivity contribution is 7.80. The third-order valence-electron chi connectivity index (χ3n) is 3.99. The molecule has 3 rings (SSSR count). The molecule has 0 bridgehead atoms. The van der Waals surface area contributed by atoms with Gasteiger partial charge in [0, 0.05) is 21.7 Å². The van der Waals surface area contributed by atoms with Crippen LogP contribution < -0.4 is 10.6 Å². The number of para-hydroxylation sites is 1. The number of methoxy groups -OCH3 is 1. The van der Waals surface area contributed by atoms with Gasteiger partial charge in [0.05, 0.1) is 18.4 Å². The molecule has 0 fully saturated rings. The molecule has 2 N–H and O–H groups in total. The van der Waals surface area contributed by atoms with Crippen molar-refractivity contribution in [3.8, 4) is 11.3 Å². The maximum Gasteiger partial charge on any atom is 0.339 e. The molecule has 9 heteroatoms. The maximum atomic E-state index is 12.2. The Morgan fingerprint density at radius 2 is 1.77 bits per heavy atom. The van der Waals surface area contributed by atoms with Crippen LogP contribution in [0.2, 0.25) is 10.0 Å². The quantitative estimate of drug-likeness (QED) is 0.286. The van der Waals surface area contributed by atoms with Crippen LogP contribution in [0.5, 0.6) is 0 Å². The van der Waals surface area contributed by atoms with Crippen molar-refractivity contribution in [3.05, 3.63) is 82.0 Å². The number of benzene rings is 2. The number of esters is 1. The number of nitrogens with one attached hydrogen (secondary N) is 2. The second-order valence-electron chi connectivity index (χ2n) is 6.17. The summed E-state index contributed by atoms with van der Waals surface area (Å²) >= 11 is 17.2. The van der Waals surface area contributed by atoms with E-state index < -0.39 is 11.9 Å². The molecular weight excluding hydrogens is 459 g/mol. The summed E-state index contributed by atoms with van der Waals surface area (Å²) in [6.45, 7) is 0. The maximum absolute atomic E-state index is 12.2. The van der Waals surface area contributed by atoms with Gasteiger partial charge >= 0.3 is 5.97 Å². The number of hydrogen-bond acceptors (Lipinski definition) is 5. The second kappa shape index (κ2) is 10.3. The number of halogens is 2. The molecule has 31 heavy (non-hydrogen) atoms. The Balaban J connectivity index is 1.62. The fourth-order valence-corrected chi connectivity index (χ4v) is 3.38. The van der Waals surface area contributed by atoms with Crippen molar-refractivity contribution in [2.45, 2.75) is 0 Å². The summed E-state index contributed by atoms with van der Waals surface area (Å²) in [6, 6.07) is 15.2. The number of furan rings is 1. The fourth-order valence-electron chi connectivity index (χ4n) is 2.64. The highest BCUT2D eigenvalue weighted by Gasteiger charge is 2.12. The molecule has 2 aromatic carbocycles. The first-order chi connectivity index (χ1) is 14.9. The fraction of sp³-hybridized carbons (Fsp3) is 0.0455. The number of anilines is 1. The molecule has 6 nitrogen and oxygen atoms in total. The second-order valence-corrected chi connectivity index (χ2v) is 7.46. The number of amides is 1. The monoisotopic (exact) mass is 474 g/mol. The zero-order chi connectivity index (χ0) is 22.4. The van der Waals surface area contributed by atoms with Gasteiger partial charge in [0.2, 0.25) is 5.91 Å². The molecule has 0 saturated heterocycles. The Bertz CT molecular complexity index is 1150. The van der Waals surface area contributed by atoms with Crippen LogP contribution in [0.15, 0.2) is 65.1 Å². The van der Waals surface area contributed by atoms with Crippen molar-refractivity contribution in [2.75, 3.05) is 12.4 Å². The number of rotatable bonds is 5.